The highest BCUT2D eigenvalue weighted by Gasteiger charge is 2.32. The molecule has 0 aliphatic carbocycles. The minimum Gasteiger partial charge on any atom is -0.497 e. The molecule has 0 spiro atoms. The fourth-order valence-corrected chi connectivity index (χ4v) is 3.49. The molecule has 3 rings (SSSR count). The molecule has 0 saturated carbocycles. The highest BCUT2D eigenvalue weighted by atomic mass is 32.1. The third kappa shape index (κ3) is 3.94. The van der Waals surface area contributed by atoms with Gasteiger partial charge >= 0.3 is 6.18 Å². The van der Waals surface area contributed by atoms with E-state index in [4.69, 9.17) is 9.47 Å². The first-order chi connectivity index (χ1) is 13.2. The summed E-state index contributed by atoms with van der Waals surface area (Å²) in [5, 5.41) is 2.86. The molecular formula is C19H14F3NO4S. The predicted octanol–water partition coefficient (Wildman–Crippen LogP) is 4.51. The van der Waals surface area contributed by atoms with E-state index in [-0.39, 0.29) is 16.2 Å². The molecule has 0 atom stereocenters. The topological polar surface area (TPSA) is 64.6 Å². The summed E-state index contributed by atoms with van der Waals surface area (Å²) in [6.07, 6.45) is -4.63. The highest BCUT2D eigenvalue weighted by molar-refractivity contribution is 7.20. The predicted molar refractivity (Wildman–Crippen MR) is 98.2 cm³/mol. The minimum absolute atomic E-state index is 0.0700. The number of ether oxygens (including phenoxy) is 2. The summed E-state index contributed by atoms with van der Waals surface area (Å²) < 4.78 is 49.6. The Labute approximate surface area is 161 Å². The van der Waals surface area contributed by atoms with E-state index in [2.05, 4.69) is 5.32 Å². The molecule has 1 N–H and O–H groups in total. The number of rotatable bonds is 4. The van der Waals surface area contributed by atoms with Crippen LogP contribution in [0, 0.1) is 0 Å². The van der Waals surface area contributed by atoms with Crippen molar-refractivity contribution in [2.45, 2.75) is 6.18 Å². The molecule has 0 saturated heterocycles. The van der Waals surface area contributed by atoms with Crippen LogP contribution >= 0.6 is 11.3 Å². The molecule has 146 valence electrons. The largest absolute Gasteiger partial charge is 0.497 e. The van der Waals surface area contributed by atoms with E-state index in [1.54, 1.807) is 24.3 Å². The van der Waals surface area contributed by atoms with Crippen LogP contribution in [0.15, 0.2) is 42.5 Å². The van der Waals surface area contributed by atoms with Crippen LogP contribution in [-0.4, -0.2) is 26.0 Å². The van der Waals surface area contributed by atoms with Gasteiger partial charge in [0.15, 0.2) is 0 Å². The summed E-state index contributed by atoms with van der Waals surface area (Å²) in [4.78, 5) is 25.1. The van der Waals surface area contributed by atoms with Crippen molar-refractivity contribution in [3.63, 3.8) is 0 Å². The van der Waals surface area contributed by atoms with Crippen LogP contribution in [0.1, 0.15) is 25.6 Å². The van der Waals surface area contributed by atoms with E-state index in [1.165, 1.54) is 14.2 Å². The van der Waals surface area contributed by atoms with Crippen LogP contribution in [0.3, 0.4) is 0 Å². The number of alkyl halides is 3. The molecule has 2 amide bonds. The zero-order chi connectivity index (χ0) is 20.5. The molecule has 28 heavy (non-hydrogen) atoms. The average molecular weight is 409 g/mol. The summed E-state index contributed by atoms with van der Waals surface area (Å²) in [5.74, 6) is -1.16. The standard InChI is InChI=1S/C19H14F3NO4S/c1-26-12-4-6-15-10(7-12)8-16(28-15)18(25)23-17(24)13-9-11(19(20,21)22)3-5-14(13)27-2/h3-9H,1-2H3,(H,23,24,25). The zero-order valence-electron chi connectivity index (χ0n) is 14.7. The SMILES string of the molecule is COc1ccc2sc(C(=O)NC(=O)c3cc(C(F)(F)F)ccc3OC)cc2c1. The molecular weight excluding hydrogens is 395 g/mol. The first-order valence-corrected chi connectivity index (χ1v) is 8.73. The molecule has 0 fully saturated rings. The molecule has 5 nitrogen and oxygen atoms in total. The molecule has 9 heteroatoms. The van der Waals surface area contributed by atoms with Crippen LogP contribution in [0.5, 0.6) is 11.5 Å². The molecule has 2 aromatic carbocycles. The lowest BCUT2D eigenvalue weighted by atomic mass is 10.1. The van der Waals surface area contributed by atoms with Crippen LogP contribution in [0.25, 0.3) is 10.1 Å². The van der Waals surface area contributed by atoms with Gasteiger partial charge in [0, 0.05) is 4.70 Å². The second kappa shape index (κ2) is 7.51. The monoisotopic (exact) mass is 409 g/mol. The lowest BCUT2D eigenvalue weighted by Gasteiger charge is -2.12. The summed E-state index contributed by atoms with van der Waals surface area (Å²) >= 11 is 1.15. The van der Waals surface area contributed by atoms with Crippen LogP contribution in [-0.2, 0) is 6.18 Å². The number of halogens is 3. The van der Waals surface area contributed by atoms with Crippen molar-refractivity contribution in [1.29, 1.82) is 0 Å². The number of hydrogen-bond donors (Lipinski definition) is 1. The van der Waals surface area contributed by atoms with Crippen molar-refractivity contribution in [2.75, 3.05) is 14.2 Å². The smallest absolute Gasteiger partial charge is 0.416 e. The maximum absolute atomic E-state index is 12.9. The lowest BCUT2D eigenvalue weighted by molar-refractivity contribution is -0.137. The van der Waals surface area contributed by atoms with Gasteiger partial charge in [0.05, 0.1) is 30.2 Å². The van der Waals surface area contributed by atoms with Crippen LogP contribution in [0.2, 0.25) is 0 Å². The molecule has 0 bridgehead atoms. The quantitative estimate of drug-likeness (QED) is 0.644. The van der Waals surface area contributed by atoms with E-state index in [9.17, 15) is 22.8 Å². The maximum Gasteiger partial charge on any atom is 0.416 e. The van der Waals surface area contributed by atoms with Crippen molar-refractivity contribution in [1.82, 2.24) is 5.32 Å². The lowest BCUT2D eigenvalue weighted by Crippen LogP contribution is -2.30. The number of carbonyl (C=O) groups excluding carboxylic acids is 2. The van der Waals surface area contributed by atoms with E-state index >= 15 is 0 Å². The number of benzene rings is 2. The van der Waals surface area contributed by atoms with E-state index in [1.807, 2.05) is 0 Å². The van der Waals surface area contributed by atoms with Crippen LogP contribution in [0.4, 0.5) is 13.2 Å². The normalized spacial score (nSPS) is 11.3. The molecule has 1 heterocycles. The summed E-state index contributed by atoms with van der Waals surface area (Å²) in [6.45, 7) is 0. The fourth-order valence-electron chi connectivity index (χ4n) is 2.55. The number of thiophene rings is 1. The Morgan fingerprint density at radius 1 is 0.964 bits per heavy atom. The summed E-state index contributed by atoms with van der Waals surface area (Å²) in [5.41, 5.74) is -1.40. The van der Waals surface area contributed by atoms with Crippen molar-refractivity contribution < 1.29 is 32.2 Å². The third-order valence-corrected chi connectivity index (χ3v) is 5.06. The first-order valence-electron chi connectivity index (χ1n) is 7.91. The Bertz CT molecular complexity index is 1060. The molecule has 0 unspecified atom stereocenters. The van der Waals surface area contributed by atoms with Gasteiger partial charge in [-0.25, -0.2) is 0 Å². The van der Waals surface area contributed by atoms with E-state index < -0.39 is 23.6 Å². The van der Waals surface area contributed by atoms with Gasteiger partial charge in [-0.1, -0.05) is 0 Å². The molecule has 0 aliphatic heterocycles. The van der Waals surface area contributed by atoms with Gasteiger partial charge in [-0.2, -0.15) is 13.2 Å². The van der Waals surface area contributed by atoms with Gasteiger partial charge in [0.2, 0.25) is 0 Å². The van der Waals surface area contributed by atoms with Gasteiger partial charge in [-0.15, -0.1) is 11.3 Å². The molecule has 3 aromatic rings. The number of hydrogen-bond acceptors (Lipinski definition) is 5. The summed E-state index contributed by atoms with van der Waals surface area (Å²) in [6, 6.07) is 9.31. The molecule has 0 radical (unpaired) electrons. The number of amides is 2. The Balaban J connectivity index is 1.87. The minimum atomic E-state index is -4.63. The number of nitrogens with one attached hydrogen (secondary N) is 1. The Morgan fingerprint density at radius 2 is 1.71 bits per heavy atom. The van der Waals surface area contributed by atoms with Gasteiger partial charge in [0.1, 0.15) is 11.5 Å². The maximum atomic E-state index is 12.9. The van der Waals surface area contributed by atoms with Crippen LogP contribution < -0.4 is 14.8 Å². The second-order valence-corrected chi connectivity index (χ2v) is 6.79. The Morgan fingerprint density at radius 3 is 2.36 bits per heavy atom. The zero-order valence-corrected chi connectivity index (χ0v) is 15.5. The Hall–Kier alpha value is -3.07. The van der Waals surface area contributed by atoms with Crippen molar-refractivity contribution >= 4 is 33.2 Å². The third-order valence-electron chi connectivity index (χ3n) is 3.95. The number of carbonyl (C=O) groups is 2. The first kappa shape index (κ1) is 19.7. The number of fused-ring (bicyclic) bond motifs is 1. The highest BCUT2D eigenvalue weighted by Crippen LogP contribution is 2.33. The van der Waals surface area contributed by atoms with E-state index in [0.29, 0.717) is 11.8 Å². The van der Waals surface area contributed by atoms with Crippen molar-refractivity contribution in [2.24, 2.45) is 0 Å². The van der Waals surface area contributed by atoms with Gasteiger partial charge in [-0.05, 0) is 47.9 Å². The number of methoxy groups -OCH3 is 2. The van der Waals surface area contributed by atoms with Gasteiger partial charge < -0.3 is 9.47 Å². The van der Waals surface area contributed by atoms with Crippen molar-refractivity contribution in [3.8, 4) is 11.5 Å². The molecule has 0 aliphatic rings. The summed E-state index contributed by atoms with van der Waals surface area (Å²) in [7, 11) is 2.74. The van der Waals surface area contributed by atoms with Crippen molar-refractivity contribution in [3.05, 3.63) is 58.5 Å². The fraction of sp³-hybridized carbons (Fsp3) is 0.158. The molecule has 1 aromatic heterocycles. The Kier molecular flexibility index (Phi) is 5.28. The van der Waals surface area contributed by atoms with Gasteiger partial charge in [0.25, 0.3) is 11.8 Å². The number of imide groups is 1. The average Bonchev–Trinajstić information content (AvgIpc) is 3.09. The van der Waals surface area contributed by atoms with E-state index in [0.717, 1.165) is 33.6 Å². The second-order valence-electron chi connectivity index (χ2n) is 5.71. The van der Waals surface area contributed by atoms with Gasteiger partial charge in [-0.3, -0.25) is 14.9 Å².